The molecule has 1 rings (SSSR count). The number of para-hydroxylation sites is 1. The molecule has 0 radical (unpaired) electrons. The summed E-state index contributed by atoms with van der Waals surface area (Å²) < 4.78 is 5.53. The molecule has 0 spiro atoms. The fourth-order valence-electron chi connectivity index (χ4n) is 2.53. The average molecular weight is 337 g/mol. The van der Waals surface area contributed by atoms with Crippen molar-refractivity contribution in [2.45, 2.75) is 64.4 Å². The van der Waals surface area contributed by atoms with Gasteiger partial charge in [-0.15, -0.1) is 0 Å². The zero-order chi connectivity index (χ0) is 17.6. The molecule has 134 valence electrons. The van der Waals surface area contributed by atoms with E-state index in [1.54, 1.807) is 18.2 Å². The minimum atomic E-state index is -0.712. The van der Waals surface area contributed by atoms with E-state index in [0.29, 0.717) is 12.2 Å². The number of aliphatic carboxylic acids is 1. The number of unbranched alkanes of at least 4 members (excludes halogenated alkanes) is 7. The van der Waals surface area contributed by atoms with Gasteiger partial charge in [0.05, 0.1) is 17.1 Å². The van der Waals surface area contributed by atoms with Gasteiger partial charge < -0.3 is 9.84 Å². The monoisotopic (exact) mass is 337 g/mol. The molecule has 0 heterocycles. The van der Waals surface area contributed by atoms with Crippen molar-refractivity contribution in [3.05, 3.63) is 39.9 Å². The molecule has 0 amide bonds. The van der Waals surface area contributed by atoms with Crippen molar-refractivity contribution in [3.8, 4) is 0 Å². The van der Waals surface area contributed by atoms with Crippen molar-refractivity contribution >= 4 is 11.7 Å². The highest BCUT2D eigenvalue weighted by Crippen LogP contribution is 2.18. The first-order chi connectivity index (χ1) is 11.6. The highest BCUT2D eigenvalue weighted by Gasteiger charge is 2.11. The van der Waals surface area contributed by atoms with Crippen LogP contribution in [0.4, 0.5) is 5.69 Å². The van der Waals surface area contributed by atoms with Crippen LogP contribution in [0.15, 0.2) is 24.3 Å². The van der Waals surface area contributed by atoms with Gasteiger partial charge in [-0.1, -0.05) is 50.7 Å². The minimum Gasteiger partial charge on any atom is -0.481 e. The molecule has 0 saturated heterocycles. The summed E-state index contributed by atoms with van der Waals surface area (Å²) in [6.07, 6.45) is 8.64. The van der Waals surface area contributed by atoms with Gasteiger partial charge in [-0.3, -0.25) is 14.9 Å². The summed E-state index contributed by atoms with van der Waals surface area (Å²) in [6, 6.07) is 6.66. The van der Waals surface area contributed by atoms with Gasteiger partial charge in [-0.05, 0) is 18.9 Å². The molecule has 0 bridgehead atoms. The Morgan fingerprint density at radius 1 is 1.00 bits per heavy atom. The van der Waals surface area contributed by atoms with E-state index in [1.165, 1.54) is 6.07 Å². The van der Waals surface area contributed by atoms with Gasteiger partial charge in [0.2, 0.25) is 0 Å². The number of nitro groups is 1. The number of carboxylic acids is 1. The van der Waals surface area contributed by atoms with E-state index in [2.05, 4.69) is 0 Å². The minimum absolute atomic E-state index is 0.111. The second-order valence-electron chi connectivity index (χ2n) is 5.91. The van der Waals surface area contributed by atoms with Crippen LogP contribution < -0.4 is 0 Å². The Balaban J connectivity index is 1.96. The number of carbonyl (C=O) groups is 1. The highest BCUT2D eigenvalue weighted by atomic mass is 16.6. The number of benzene rings is 1. The lowest BCUT2D eigenvalue weighted by Gasteiger charge is -2.05. The maximum absolute atomic E-state index is 10.9. The van der Waals surface area contributed by atoms with E-state index in [-0.39, 0.29) is 23.6 Å². The number of hydrogen-bond acceptors (Lipinski definition) is 4. The van der Waals surface area contributed by atoms with Crippen molar-refractivity contribution in [1.29, 1.82) is 0 Å². The molecule has 0 aliphatic rings. The van der Waals surface area contributed by atoms with Crippen molar-refractivity contribution in [2.75, 3.05) is 6.61 Å². The lowest BCUT2D eigenvalue weighted by molar-refractivity contribution is -0.385. The molecule has 0 fully saturated rings. The Morgan fingerprint density at radius 2 is 1.58 bits per heavy atom. The summed E-state index contributed by atoms with van der Waals surface area (Å²) in [5, 5.41) is 19.4. The fraction of sp³-hybridized carbons (Fsp3) is 0.611. The standard InChI is InChI=1S/C18H27NO5/c20-18(21)13-7-5-3-1-2-4-6-10-14-24-15-16-11-8-9-12-17(16)19(22)23/h8-9,11-12H,1-7,10,13-15H2,(H,20,21). The third-order valence-electron chi connectivity index (χ3n) is 3.88. The summed E-state index contributed by atoms with van der Waals surface area (Å²) in [5.41, 5.74) is 0.726. The SMILES string of the molecule is O=C(O)CCCCCCCCCCOCc1ccccc1[N+](=O)[O-]. The summed E-state index contributed by atoms with van der Waals surface area (Å²) in [5.74, 6) is -0.712. The molecule has 1 aromatic carbocycles. The van der Waals surface area contributed by atoms with Crippen LogP contribution in [0.25, 0.3) is 0 Å². The highest BCUT2D eigenvalue weighted by molar-refractivity contribution is 5.66. The second-order valence-corrected chi connectivity index (χ2v) is 5.91. The Morgan fingerprint density at radius 3 is 2.21 bits per heavy atom. The first-order valence-corrected chi connectivity index (χ1v) is 8.63. The van der Waals surface area contributed by atoms with Crippen LogP contribution in [0.1, 0.15) is 63.4 Å². The Kier molecular flexibility index (Phi) is 10.4. The molecule has 0 atom stereocenters. The van der Waals surface area contributed by atoms with Crippen LogP contribution in [0.5, 0.6) is 0 Å². The third kappa shape index (κ3) is 9.25. The van der Waals surface area contributed by atoms with Gasteiger partial charge in [-0.2, -0.15) is 0 Å². The molecule has 0 aliphatic carbocycles. The predicted octanol–water partition coefficient (Wildman–Crippen LogP) is 4.71. The fourth-order valence-corrected chi connectivity index (χ4v) is 2.53. The lowest BCUT2D eigenvalue weighted by Crippen LogP contribution is -1.99. The Hall–Kier alpha value is -1.95. The third-order valence-corrected chi connectivity index (χ3v) is 3.88. The van der Waals surface area contributed by atoms with Crippen LogP contribution in [0.3, 0.4) is 0 Å². The summed E-state index contributed by atoms with van der Waals surface area (Å²) in [4.78, 5) is 20.9. The number of hydrogen-bond donors (Lipinski definition) is 1. The van der Waals surface area contributed by atoms with Crippen LogP contribution in [-0.2, 0) is 16.1 Å². The van der Waals surface area contributed by atoms with Gasteiger partial charge >= 0.3 is 5.97 Å². The van der Waals surface area contributed by atoms with Gasteiger partial charge in [0.25, 0.3) is 5.69 Å². The lowest BCUT2D eigenvalue weighted by atomic mass is 10.1. The first-order valence-electron chi connectivity index (χ1n) is 8.63. The van der Waals surface area contributed by atoms with E-state index in [4.69, 9.17) is 9.84 Å². The Labute approximate surface area is 143 Å². The molecular weight excluding hydrogens is 310 g/mol. The van der Waals surface area contributed by atoms with Gasteiger partial charge in [0.15, 0.2) is 0 Å². The Bertz CT molecular complexity index is 504. The molecule has 0 aliphatic heterocycles. The normalized spacial score (nSPS) is 10.7. The molecule has 0 aromatic heterocycles. The van der Waals surface area contributed by atoms with Crippen molar-refractivity contribution in [2.24, 2.45) is 0 Å². The van der Waals surface area contributed by atoms with Crippen molar-refractivity contribution < 1.29 is 19.6 Å². The first kappa shape index (κ1) is 20.1. The predicted molar refractivity (Wildman–Crippen MR) is 91.9 cm³/mol. The zero-order valence-electron chi connectivity index (χ0n) is 14.1. The number of nitrogens with zero attached hydrogens (tertiary/aromatic N) is 1. The second kappa shape index (κ2) is 12.5. The molecule has 0 unspecified atom stereocenters. The summed E-state index contributed by atoms with van der Waals surface area (Å²) >= 11 is 0. The summed E-state index contributed by atoms with van der Waals surface area (Å²) in [6.45, 7) is 0.894. The molecule has 6 nitrogen and oxygen atoms in total. The number of nitro benzene ring substituents is 1. The van der Waals surface area contributed by atoms with E-state index < -0.39 is 5.97 Å². The van der Waals surface area contributed by atoms with E-state index in [0.717, 1.165) is 51.4 Å². The maximum atomic E-state index is 10.9. The van der Waals surface area contributed by atoms with Crippen LogP contribution in [0, 0.1) is 10.1 Å². The number of ether oxygens (including phenoxy) is 1. The van der Waals surface area contributed by atoms with Crippen LogP contribution in [-0.4, -0.2) is 22.6 Å². The van der Waals surface area contributed by atoms with E-state index >= 15 is 0 Å². The van der Waals surface area contributed by atoms with E-state index in [9.17, 15) is 14.9 Å². The van der Waals surface area contributed by atoms with Crippen molar-refractivity contribution in [3.63, 3.8) is 0 Å². The quantitative estimate of drug-likeness (QED) is 0.302. The van der Waals surface area contributed by atoms with Crippen LogP contribution >= 0.6 is 0 Å². The largest absolute Gasteiger partial charge is 0.481 e. The van der Waals surface area contributed by atoms with Crippen molar-refractivity contribution in [1.82, 2.24) is 0 Å². The molecule has 1 N–H and O–H groups in total. The van der Waals surface area contributed by atoms with Crippen LogP contribution in [0.2, 0.25) is 0 Å². The van der Waals surface area contributed by atoms with Gasteiger partial charge in [0.1, 0.15) is 0 Å². The average Bonchev–Trinajstić information content (AvgIpc) is 2.55. The zero-order valence-corrected chi connectivity index (χ0v) is 14.1. The topological polar surface area (TPSA) is 89.7 Å². The van der Waals surface area contributed by atoms with Gasteiger partial charge in [0, 0.05) is 19.1 Å². The maximum Gasteiger partial charge on any atom is 0.303 e. The molecule has 1 aromatic rings. The molecule has 6 heteroatoms. The summed E-state index contributed by atoms with van der Waals surface area (Å²) in [7, 11) is 0. The van der Waals surface area contributed by atoms with E-state index in [1.807, 2.05) is 0 Å². The molecule has 24 heavy (non-hydrogen) atoms. The number of carboxylic acid groups (broad SMARTS) is 1. The smallest absolute Gasteiger partial charge is 0.303 e. The molecule has 0 saturated carbocycles. The molecular formula is C18H27NO5. The number of rotatable bonds is 14. The van der Waals surface area contributed by atoms with Gasteiger partial charge in [-0.25, -0.2) is 0 Å².